The van der Waals surface area contributed by atoms with Crippen molar-refractivity contribution in [2.24, 2.45) is 0 Å². The summed E-state index contributed by atoms with van der Waals surface area (Å²) in [5.41, 5.74) is 4.29. The third kappa shape index (κ3) is 7.14. The lowest BCUT2D eigenvalue weighted by Gasteiger charge is -2.31. The summed E-state index contributed by atoms with van der Waals surface area (Å²) in [6.07, 6.45) is -0.475. The predicted molar refractivity (Wildman–Crippen MR) is 161 cm³/mol. The maximum absolute atomic E-state index is 13.1. The molecular weight excluding hydrogens is 548 g/mol. The molecule has 0 radical (unpaired) electrons. The fourth-order valence-corrected chi connectivity index (χ4v) is 5.43. The van der Waals surface area contributed by atoms with E-state index in [0.29, 0.717) is 38.4 Å². The highest BCUT2D eigenvalue weighted by Gasteiger charge is 2.31. The number of amides is 1. The second-order valence-electron chi connectivity index (χ2n) is 10.7. The standard InChI is InChI=1S/C33H36N4O6/c1-22-18-25(19-23(2)29(22)42-21-24-10-6-4-7-11-24)20-28(31(38)41-3)43-33(40)36-16-14-27(15-17-36)37-32(39)34-30(35-37)26-12-8-5-9-13-26/h4-13,18-19,27-28H,14-17,20-21H2,1-3H3,(H,34,35,39)/t28-/m1/s1. The smallest absolute Gasteiger partial charge is 0.410 e. The van der Waals surface area contributed by atoms with E-state index in [9.17, 15) is 14.4 Å². The monoisotopic (exact) mass is 584 g/mol. The second-order valence-corrected chi connectivity index (χ2v) is 10.7. The molecular formula is C33H36N4O6. The number of methoxy groups -OCH3 is 1. The fourth-order valence-electron chi connectivity index (χ4n) is 5.43. The Kier molecular flexibility index (Phi) is 9.24. The van der Waals surface area contributed by atoms with Gasteiger partial charge in [0.1, 0.15) is 12.4 Å². The van der Waals surface area contributed by atoms with E-state index in [1.54, 1.807) is 4.90 Å². The summed E-state index contributed by atoms with van der Waals surface area (Å²) in [6.45, 7) is 5.08. The van der Waals surface area contributed by atoms with Gasteiger partial charge in [0.25, 0.3) is 0 Å². The lowest BCUT2D eigenvalue weighted by Crippen LogP contribution is -2.43. The number of aromatic amines is 1. The van der Waals surface area contributed by atoms with Crippen molar-refractivity contribution >= 4 is 12.1 Å². The highest BCUT2D eigenvalue weighted by atomic mass is 16.6. The predicted octanol–water partition coefficient (Wildman–Crippen LogP) is 4.99. The van der Waals surface area contributed by atoms with Gasteiger partial charge in [0, 0.05) is 25.1 Å². The van der Waals surface area contributed by atoms with Gasteiger partial charge in [0.2, 0.25) is 6.10 Å². The lowest BCUT2D eigenvalue weighted by molar-refractivity contribution is -0.151. The topological polar surface area (TPSA) is 116 Å². The number of H-pyrrole nitrogens is 1. The first kappa shape index (κ1) is 29.6. The van der Waals surface area contributed by atoms with Crippen molar-refractivity contribution < 1.29 is 23.8 Å². The molecule has 224 valence electrons. The molecule has 1 saturated heterocycles. The van der Waals surface area contributed by atoms with E-state index in [2.05, 4.69) is 10.1 Å². The Morgan fingerprint density at radius 1 is 0.953 bits per heavy atom. The number of carbonyl (C=O) groups excluding carboxylic acids is 2. The van der Waals surface area contributed by atoms with Crippen LogP contribution in [0.1, 0.15) is 41.1 Å². The van der Waals surface area contributed by atoms with Gasteiger partial charge in [-0.1, -0.05) is 72.8 Å². The Balaban J connectivity index is 1.20. The Morgan fingerprint density at radius 3 is 2.21 bits per heavy atom. The first-order chi connectivity index (χ1) is 20.8. The Hall–Kier alpha value is -4.86. The zero-order chi connectivity index (χ0) is 30.3. The molecule has 0 saturated carbocycles. The number of ether oxygens (including phenoxy) is 3. The number of esters is 1. The van der Waals surface area contributed by atoms with Crippen LogP contribution in [0, 0.1) is 13.8 Å². The number of hydrogen-bond donors (Lipinski definition) is 1. The van der Waals surface area contributed by atoms with Gasteiger partial charge in [-0.25, -0.2) is 19.1 Å². The highest BCUT2D eigenvalue weighted by molar-refractivity contribution is 5.79. The number of likely N-dealkylation sites (tertiary alicyclic amines) is 1. The van der Waals surface area contributed by atoms with Crippen LogP contribution >= 0.6 is 0 Å². The molecule has 10 heteroatoms. The van der Waals surface area contributed by atoms with Crippen molar-refractivity contribution in [2.45, 2.75) is 51.9 Å². The van der Waals surface area contributed by atoms with Crippen molar-refractivity contribution in [3.05, 3.63) is 106 Å². The Morgan fingerprint density at radius 2 is 1.58 bits per heavy atom. The molecule has 0 aliphatic carbocycles. The van der Waals surface area contributed by atoms with Gasteiger partial charge < -0.3 is 19.1 Å². The van der Waals surface area contributed by atoms with Gasteiger partial charge >= 0.3 is 17.8 Å². The molecule has 2 heterocycles. The highest BCUT2D eigenvalue weighted by Crippen LogP contribution is 2.27. The molecule has 1 aliphatic rings. The lowest BCUT2D eigenvalue weighted by atomic mass is 10.0. The SMILES string of the molecule is COC(=O)[C@@H](Cc1cc(C)c(OCc2ccccc2)c(C)c1)OC(=O)N1CCC(n2nc(-c3ccccc3)[nH]c2=O)CC1. The van der Waals surface area contributed by atoms with Gasteiger partial charge in [0.05, 0.1) is 13.2 Å². The summed E-state index contributed by atoms with van der Waals surface area (Å²) in [7, 11) is 1.27. The van der Waals surface area contributed by atoms with Crippen LogP contribution in [-0.4, -0.2) is 58.0 Å². The molecule has 0 unspecified atom stereocenters. The van der Waals surface area contributed by atoms with Crippen molar-refractivity contribution in [1.29, 1.82) is 0 Å². The van der Waals surface area contributed by atoms with E-state index in [0.717, 1.165) is 33.6 Å². The molecule has 10 nitrogen and oxygen atoms in total. The summed E-state index contributed by atoms with van der Waals surface area (Å²) in [5.74, 6) is 0.670. The third-order valence-electron chi connectivity index (χ3n) is 7.63. The van der Waals surface area contributed by atoms with Crippen LogP contribution in [0.5, 0.6) is 5.75 Å². The molecule has 1 atom stereocenters. The van der Waals surface area contributed by atoms with E-state index in [4.69, 9.17) is 14.2 Å². The average Bonchev–Trinajstić information content (AvgIpc) is 3.42. The Bertz CT molecular complexity index is 1580. The Labute approximate surface area is 250 Å². The van der Waals surface area contributed by atoms with E-state index in [1.807, 2.05) is 86.6 Å². The minimum Gasteiger partial charge on any atom is -0.488 e. The maximum atomic E-state index is 13.1. The van der Waals surface area contributed by atoms with Crippen molar-refractivity contribution in [3.8, 4) is 17.1 Å². The molecule has 0 spiro atoms. The number of carbonyl (C=O) groups is 2. The van der Waals surface area contributed by atoms with E-state index >= 15 is 0 Å². The van der Waals surface area contributed by atoms with Crippen LogP contribution in [0.15, 0.2) is 77.6 Å². The van der Waals surface area contributed by atoms with Crippen LogP contribution in [0.3, 0.4) is 0 Å². The van der Waals surface area contributed by atoms with Crippen molar-refractivity contribution in [3.63, 3.8) is 0 Å². The molecule has 4 aromatic rings. The first-order valence-electron chi connectivity index (χ1n) is 14.4. The largest absolute Gasteiger partial charge is 0.488 e. The molecule has 1 amide bonds. The zero-order valence-corrected chi connectivity index (χ0v) is 24.6. The molecule has 5 rings (SSSR count). The van der Waals surface area contributed by atoms with E-state index in [1.165, 1.54) is 11.8 Å². The number of nitrogens with zero attached hydrogens (tertiary/aromatic N) is 3. The van der Waals surface area contributed by atoms with Crippen molar-refractivity contribution in [1.82, 2.24) is 19.7 Å². The van der Waals surface area contributed by atoms with Gasteiger partial charge in [-0.2, -0.15) is 0 Å². The summed E-state index contributed by atoms with van der Waals surface area (Å²) in [4.78, 5) is 42.7. The molecule has 43 heavy (non-hydrogen) atoms. The summed E-state index contributed by atoms with van der Waals surface area (Å²) < 4.78 is 18.2. The fraction of sp³-hybridized carbons (Fsp3) is 0.333. The summed E-state index contributed by atoms with van der Waals surface area (Å²) >= 11 is 0. The normalized spacial score (nSPS) is 14.3. The number of hydrogen-bond acceptors (Lipinski definition) is 7. The van der Waals surface area contributed by atoms with Crippen LogP contribution in [0.25, 0.3) is 11.4 Å². The summed E-state index contributed by atoms with van der Waals surface area (Å²) in [6, 6.07) is 23.1. The maximum Gasteiger partial charge on any atom is 0.410 e. The minimum atomic E-state index is -1.10. The molecule has 1 aromatic heterocycles. The number of aromatic nitrogens is 3. The van der Waals surface area contributed by atoms with Crippen LogP contribution < -0.4 is 10.4 Å². The van der Waals surface area contributed by atoms with E-state index < -0.39 is 18.2 Å². The van der Waals surface area contributed by atoms with Crippen LogP contribution in [0.4, 0.5) is 4.79 Å². The third-order valence-corrected chi connectivity index (χ3v) is 7.63. The number of benzene rings is 3. The van der Waals surface area contributed by atoms with Gasteiger partial charge in [-0.15, -0.1) is 5.10 Å². The molecule has 0 bridgehead atoms. The van der Waals surface area contributed by atoms with E-state index in [-0.39, 0.29) is 18.2 Å². The van der Waals surface area contributed by atoms with Crippen LogP contribution in [0.2, 0.25) is 0 Å². The molecule has 1 aliphatic heterocycles. The quantitative estimate of drug-likeness (QED) is 0.276. The molecule has 1 fully saturated rings. The minimum absolute atomic E-state index is 0.157. The first-order valence-corrected chi connectivity index (χ1v) is 14.4. The number of aryl methyl sites for hydroxylation is 2. The van der Waals surface area contributed by atoms with Crippen LogP contribution in [-0.2, 0) is 27.3 Å². The molecule has 3 aromatic carbocycles. The van der Waals surface area contributed by atoms with Gasteiger partial charge in [-0.3, -0.25) is 4.98 Å². The van der Waals surface area contributed by atoms with Gasteiger partial charge in [0.15, 0.2) is 5.82 Å². The summed E-state index contributed by atoms with van der Waals surface area (Å²) in [5, 5.41) is 4.49. The average molecular weight is 585 g/mol. The molecule has 1 N–H and O–H groups in total. The van der Waals surface area contributed by atoms with Gasteiger partial charge in [-0.05, 0) is 48.9 Å². The van der Waals surface area contributed by atoms with Crippen molar-refractivity contribution in [2.75, 3.05) is 20.2 Å². The number of nitrogens with one attached hydrogen (secondary N) is 1. The number of piperidine rings is 1. The zero-order valence-electron chi connectivity index (χ0n) is 24.6. The number of rotatable bonds is 9. The second kappa shape index (κ2) is 13.4.